The van der Waals surface area contributed by atoms with Crippen molar-refractivity contribution in [3.05, 3.63) is 0 Å². The molecule has 0 aliphatic rings. The first-order chi connectivity index (χ1) is 12.1. The molecule has 0 saturated carbocycles. The SMILES string of the molecule is CCCCCCCCCCCCCCCCCCN(C)[C@@H](C)C(=O)O. The summed E-state index contributed by atoms with van der Waals surface area (Å²) in [5, 5.41) is 8.95. The van der Waals surface area contributed by atoms with E-state index in [0.717, 1.165) is 13.0 Å². The predicted molar refractivity (Wildman–Crippen MR) is 109 cm³/mol. The van der Waals surface area contributed by atoms with Crippen LogP contribution in [0.25, 0.3) is 0 Å². The Morgan fingerprint density at radius 2 is 1.04 bits per heavy atom. The van der Waals surface area contributed by atoms with Crippen LogP contribution in [-0.4, -0.2) is 35.6 Å². The number of hydrogen-bond donors (Lipinski definition) is 1. The third-order valence-corrected chi connectivity index (χ3v) is 5.38. The Kier molecular flexibility index (Phi) is 17.8. The van der Waals surface area contributed by atoms with E-state index in [0.29, 0.717) is 0 Å². The Balaban J connectivity index is 3.15. The van der Waals surface area contributed by atoms with Gasteiger partial charge in [-0.25, -0.2) is 0 Å². The van der Waals surface area contributed by atoms with Gasteiger partial charge in [-0.2, -0.15) is 0 Å². The largest absolute Gasteiger partial charge is 0.480 e. The zero-order valence-corrected chi connectivity index (χ0v) is 17.4. The van der Waals surface area contributed by atoms with Gasteiger partial charge in [0.2, 0.25) is 0 Å². The molecule has 0 aromatic heterocycles. The summed E-state index contributed by atoms with van der Waals surface area (Å²) in [5.41, 5.74) is 0. The lowest BCUT2D eigenvalue weighted by Crippen LogP contribution is -2.36. The molecule has 0 heterocycles. The van der Waals surface area contributed by atoms with Gasteiger partial charge in [0.15, 0.2) is 0 Å². The normalized spacial score (nSPS) is 12.6. The maximum atomic E-state index is 10.9. The molecule has 0 unspecified atom stereocenters. The summed E-state index contributed by atoms with van der Waals surface area (Å²) in [5.74, 6) is -0.723. The molecule has 0 aromatic rings. The number of carboxylic acid groups (broad SMARTS) is 1. The Labute approximate surface area is 157 Å². The number of likely N-dealkylation sites (N-methyl/N-ethyl adjacent to an activating group) is 1. The van der Waals surface area contributed by atoms with E-state index in [1.54, 1.807) is 6.92 Å². The van der Waals surface area contributed by atoms with Crippen LogP contribution < -0.4 is 0 Å². The lowest BCUT2D eigenvalue weighted by molar-refractivity contribution is -0.142. The predicted octanol–water partition coefficient (Wildman–Crippen LogP) is 6.65. The van der Waals surface area contributed by atoms with Crippen LogP contribution in [0.1, 0.15) is 117 Å². The molecule has 0 bridgehead atoms. The van der Waals surface area contributed by atoms with Crippen molar-refractivity contribution in [1.29, 1.82) is 0 Å². The van der Waals surface area contributed by atoms with Gasteiger partial charge in [0.1, 0.15) is 6.04 Å². The minimum Gasteiger partial charge on any atom is -0.480 e. The van der Waals surface area contributed by atoms with Gasteiger partial charge in [0, 0.05) is 0 Å². The fourth-order valence-corrected chi connectivity index (χ4v) is 3.29. The summed E-state index contributed by atoms with van der Waals surface area (Å²) >= 11 is 0. The molecular weight excluding hydrogens is 310 g/mol. The van der Waals surface area contributed by atoms with Crippen LogP contribution in [0.4, 0.5) is 0 Å². The first kappa shape index (κ1) is 24.4. The van der Waals surface area contributed by atoms with Crippen LogP contribution in [0, 0.1) is 0 Å². The van der Waals surface area contributed by atoms with Crippen LogP contribution in [-0.2, 0) is 4.79 Å². The number of hydrogen-bond acceptors (Lipinski definition) is 2. The topological polar surface area (TPSA) is 40.5 Å². The van der Waals surface area contributed by atoms with Crippen molar-refractivity contribution in [3.8, 4) is 0 Å². The number of rotatable bonds is 19. The third-order valence-electron chi connectivity index (χ3n) is 5.38. The summed E-state index contributed by atoms with van der Waals surface area (Å²) in [4.78, 5) is 12.8. The molecule has 25 heavy (non-hydrogen) atoms. The molecule has 1 N–H and O–H groups in total. The van der Waals surface area contributed by atoms with Crippen LogP contribution in [0.15, 0.2) is 0 Å². The summed E-state index contributed by atoms with van der Waals surface area (Å²) in [6, 6.07) is -0.364. The van der Waals surface area contributed by atoms with Crippen LogP contribution in [0.3, 0.4) is 0 Å². The van der Waals surface area contributed by atoms with Gasteiger partial charge >= 0.3 is 5.97 Å². The van der Waals surface area contributed by atoms with Gasteiger partial charge in [-0.1, -0.05) is 103 Å². The second-order valence-electron chi connectivity index (χ2n) is 7.80. The van der Waals surface area contributed by atoms with Crippen molar-refractivity contribution >= 4 is 5.97 Å². The van der Waals surface area contributed by atoms with E-state index in [4.69, 9.17) is 5.11 Å². The molecule has 0 amide bonds. The van der Waals surface area contributed by atoms with Crippen molar-refractivity contribution in [1.82, 2.24) is 4.90 Å². The Hall–Kier alpha value is -0.570. The highest BCUT2D eigenvalue weighted by Crippen LogP contribution is 2.13. The maximum Gasteiger partial charge on any atom is 0.320 e. The average Bonchev–Trinajstić information content (AvgIpc) is 2.60. The molecule has 0 radical (unpaired) electrons. The molecule has 0 saturated heterocycles. The third kappa shape index (κ3) is 16.6. The summed E-state index contributed by atoms with van der Waals surface area (Å²) < 4.78 is 0. The van der Waals surface area contributed by atoms with Crippen LogP contribution >= 0.6 is 0 Å². The van der Waals surface area contributed by atoms with E-state index in [-0.39, 0.29) is 6.04 Å². The quantitative estimate of drug-likeness (QED) is 0.264. The maximum absolute atomic E-state index is 10.9. The number of unbranched alkanes of at least 4 members (excludes halogenated alkanes) is 15. The summed E-state index contributed by atoms with van der Waals surface area (Å²) in [6.07, 6.45) is 22.0. The highest BCUT2D eigenvalue weighted by molar-refractivity contribution is 5.72. The molecule has 1 atom stereocenters. The van der Waals surface area contributed by atoms with Gasteiger partial charge in [-0.15, -0.1) is 0 Å². The molecule has 0 aromatic carbocycles. The van der Waals surface area contributed by atoms with E-state index in [9.17, 15) is 4.79 Å². The van der Waals surface area contributed by atoms with Gasteiger partial charge in [-0.3, -0.25) is 9.69 Å². The van der Waals surface area contributed by atoms with Crippen LogP contribution in [0.5, 0.6) is 0 Å². The molecule has 0 aliphatic heterocycles. The van der Waals surface area contributed by atoms with Crippen molar-refractivity contribution in [2.45, 2.75) is 123 Å². The van der Waals surface area contributed by atoms with E-state index >= 15 is 0 Å². The summed E-state index contributed by atoms with van der Waals surface area (Å²) in [7, 11) is 1.91. The second kappa shape index (κ2) is 18.2. The fourth-order valence-electron chi connectivity index (χ4n) is 3.29. The highest BCUT2D eigenvalue weighted by Gasteiger charge is 2.15. The molecule has 0 aliphatic carbocycles. The van der Waals surface area contributed by atoms with Crippen molar-refractivity contribution in [2.24, 2.45) is 0 Å². The Morgan fingerprint density at radius 3 is 1.36 bits per heavy atom. The molecule has 0 rings (SSSR count). The molecule has 3 nitrogen and oxygen atoms in total. The van der Waals surface area contributed by atoms with Crippen molar-refractivity contribution in [2.75, 3.05) is 13.6 Å². The van der Waals surface area contributed by atoms with E-state index in [1.807, 2.05) is 11.9 Å². The number of carbonyl (C=O) groups is 1. The van der Waals surface area contributed by atoms with E-state index in [2.05, 4.69) is 6.92 Å². The molecule has 3 heteroatoms. The van der Waals surface area contributed by atoms with Gasteiger partial charge in [0.25, 0.3) is 0 Å². The van der Waals surface area contributed by atoms with Gasteiger partial charge in [-0.05, 0) is 26.9 Å². The Morgan fingerprint density at radius 1 is 0.720 bits per heavy atom. The van der Waals surface area contributed by atoms with E-state index < -0.39 is 5.97 Å². The lowest BCUT2D eigenvalue weighted by atomic mass is 10.0. The number of carboxylic acids is 1. The average molecular weight is 356 g/mol. The lowest BCUT2D eigenvalue weighted by Gasteiger charge is -2.20. The monoisotopic (exact) mass is 355 g/mol. The molecule has 150 valence electrons. The zero-order chi connectivity index (χ0) is 18.8. The smallest absolute Gasteiger partial charge is 0.320 e. The fraction of sp³-hybridized carbons (Fsp3) is 0.955. The second-order valence-corrected chi connectivity index (χ2v) is 7.80. The van der Waals surface area contributed by atoms with Gasteiger partial charge < -0.3 is 5.11 Å². The molecule has 0 spiro atoms. The standard InChI is InChI=1S/C22H45NO2/c1-4-5-6-7-8-9-10-11-12-13-14-15-16-17-18-19-20-23(3)21(2)22(24)25/h21H,4-20H2,1-3H3,(H,24,25)/t21-/m0/s1. The number of aliphatic carboxylic acids is 1. The zero-order valence-electron chi connectivity index (χ0n) is 17.4. The molecular formula is C22H45NO2. The van der Waals surface area contributed by atoms with Crippen molar-refractivity contribution in [3.63, 3.8) is 0 Å². The Bertz CT molecular complexity index is 294. The van der Waals surface area contributed by atoms with Gasteiger partial charge in [0.05, 0.1) is 0 Å². The van der Waals surface area contributed by atoms with Crippen molar-refractivity contribution < 1.29 is 9.90 Å². The highest BCUT2D eigenvalue weighted by atomic mass is 16.4. The number of nitrogens with zero attached hydrogens (tertiary/aromatic N) is 1. The van der Waals surface area contributed by atoms with E-state index in [1.165, 1.54) is 96.3 Å². The molecule has 0 fully saturated rings. The van der Waals surface area contributed by atoms with Crippen LogP contribution in [0.2, 0.25) is 0 Å². The summed E-state index contributed by atoms with van der Waals surface area (Å²) in [6.45, 7) is 4.93. The first-order valence-corrected chi connectivity index (χ1v) is 11.0. The first-order valence-electron chi connectivity index (χ1n) is 11.0. The minimum atomic E-state index is -0.723. The minimum absolute atomic E-state index is 0.364.